The minimum atomic E-state index is -0.557. The number of nitrogens with zero attached hydrogens (tertiary/aromatic N) is 1. The SMILES string of the molecule is Cc1cccc(NC(=O)C(C)n2c(C)cccc2=O)c1C. The van der Waals surface area contributed by atoms with Crippen molar-refractivity contribution >= 4 is 11.6 Å². The molecule has 0 aliphatic carbocycles. The first-order valence-electron chi connectivity index (χ1n) is 6.97. The second-order valence-corrected chi connectivity index (χ2v) is 5.29. The lowest BCUT2D eigenvalue weighted by Gasteiger charge is -2.18. The first-order chi connectivity index (χ1) is 9.91. The summed E-state index contributed by atoms with van der Waals surface area (Å²) in [6.45, 7) is 7.52. The average molecular weight is 284 g/mol. The molecule has 1 atom stereocenters. The van der Waals surface area contributed by atoms with Crippen molar-refractivity contribution in [3.8, 4) is 0 Å². The van der Waals surface area contributed by atoms with E-state index < -0.39 is 6.04 Å². The van der Waals surface area contributed by atoms with Crippen molar-refractivity contribution in [1.29, 1.82) is 0 Å². The highest BCUT2D eigenvalue weighted by molar-refractivity contribution is 5.94. The van der Waals surface area contributed by atoms with Crippen molar-refractivity contribution in [2.45, 2.75) is 33.7 Å². The minimum Gasteiger partial charge on any atom is -0.324 e. The van der Waals surface area contributed by atoms with Crippen LogP contribution in [0.25, 0.3) is 0 Å². The molecule has 1 amide bonds. The van der Waals surface area contributed by atoms with Gasteiger partial charge in [-0.15, -0.1) is 0 Å². The van der Waals surface area contributed by atoms with Crippen molar-refractivity contribution in [3.63, 3.8) is 0 Å². The molecular weight excluding hydrogens is 264 g/mol. The third kappa shape index (κ3) is 3.05. The average Bonchev–Trinajstić information content (AvgIpc) is 2.43. The predicted molar refractivity (Wildman–Crippen MR) is 84.7 cm³/mol. The van der Waals surface area contributed by atoms with Gasteiger partial charge in [0.2, 0.25) is 5.91 Å². The van der Waals surface area contributed by atoms with Gasteiger partial charge in [-0.2, -0.15) is 0 Å². The number of aryl methyl sites for hydroxylation is 2. The van der Waals surface area contributed by atoms with E-state index in [0.717, 1.165) is 22.5 Å². The summed E-state index contributed by atoms with van der Waals surface area (Å²) in [5.41, 5.74) is 3.54. The zero-order valence-corrected chi connectivity index (χ0v) is 12.8. The third-order valence-corrected chi connectivity index (χ3v) is 3.82. The summed E-state index contributed by atoms with van der Waals surface area (Å²) in [5.74, 6) is -0.194. The monoisotopic (exact) mass is 284 g/mol. The van der Waals surface area contributed by atoms with Gasteiger partial charge in [-0.3, -0.25) is 9.59 Å². The van der Waals surface area contributed by atoms with Crippen molar-refractivity contribution in [3.05, 3.63) is 63.6 Å². The van der Waals surface area contributed by atoms with Crippen LogP contribution < -0.4 is 10.9 Å². The lowest BCUT2D eigenvalue weighted by Crippen LogP contribution is -2.32. The van der Waals surface area contributed by atoms with E-state index in [2.05, 4.69) is 5.32 Å². The maximum absolute atomic E-state index is 12.4. The Hall–Kier alpha value is -2.36. The number of carbonyl (C=O) groups excluding carboxylic acids is 1. The number of rotatable bonds is 3. The highest BCUT2D eigenvalue weighted by Gasteiger charge is 2.18. The van der Waals surface area contributed by atoms with Crippen molar-refractivity contribution in [2.75, 3.05) is 5.32 Å². The smallest absolute Gasteiger partial charge is 0.251 e. The fraction of sp³-hybridized carbons (Fsp3) is 0.294. The fourth-order valence-electron chi connectivity index (χ4n) is 2.34. The number of benzene rings is 1. The molecule has 0 aliphatic rings. The molecule has 0 radical (unpaired) electrons. The van der Waals surface area contributed by atoms with Crippen LogP contribution in [0.5, 0.6) is 0 Å². The molecule has 0 aliphatic heterocycles. The Kier molecular flexibility index (Phi) is 4.26. The first kappa shape index (κ1) is 15.0. The highest BCUT2D eigenvalue weighted by atomic mass is 16.2. The van der Waals surface area contributed by atoms with Gasteiger partial charge in [-0.1, -0.05) is 18.2 Å². The molecule has 4 nitrogen and oxygen atoms in total. The number of aromatic nitrogens is 1. The molecule has 2 rings (SSSR count). The topological polar surface area (TPSA) is 51.1 Å². The maximum Gasteiger partial charge on any atom is 0.251 e. The molecule has 2 aromatic rings. The van der Waals surface area contributed by atoms with Crippen molar-refractivity contribution < 1.29 is 4.79 Å². The second-order valence-electron chi connectivity index (χ2n) is 5.29. The van der Waals surface area contributed by atoms with Crippen LogP contribution >= 0.6 is 0 Å². The van der Waals surface area contributed by atoms with Crippen LogP contribution in [0.1, 0.15) is 29.8 Å². The molecule has 1 aromatic heterocycles. The van der Waals surface area contributed by atoms with Gasteiger partial charge < -0.3 is 9.88 Å². The molecule has 1 heterocycles. The van der Waals surface area contributed by atoms with Crippen LogP contribution in [-0.2, 0) is 4.79 Å². The number of hydrogen-bond acceptors (Lipinski definition) is 2. The lowest BCUT2D eigenvalue weighted by atomic mass is 10.1. The van der Waals surface area contributed by atoms with E-state index in [1.54, 1.807) is 13.0 Å². The number of pyridine rings is 1. The van der Waals surface area contributed by atoms with Crippen LogP contribution in [0, 0.1) is 20.8 Å². The van der Waals surface area contributed by atoms with Gasteiger partial charge in [-0.25, -0.2) is 0 Å². The van der Waals surface area contributed by atoms with Gasteiger partial charge in [0.1, 0.15) is 6.04 Å². The summed E-state index contributed by atoms with van der Waals surface area (Å²) in [5, 5.41) is 2.91. The van der Waals surface area contributed by atoms with E-state index in [0.29, 0.717) is 0 Å². The molecule has 0 saturated carbocycles. The Bertz CT molecular complexity index is 732. The van der Waals surface area contributed by atoms with E-state index in [9.17, 15) is 9.59 Å². The first-order valence-corrected chi connectivity index (χ1v) is 6.97. The summed E-state index contributed by atoms with van der Waals surface area (Å²) < 4.78 is 1.50. The minimum absolute atomic E-state index is 0.168. The van der Waals surface area contributed by atoms with Gasteiger partial charge >= 0.3 is 0 Å². The largest absolute Gasteiger partial charge is 0.324 e. The molecular formula is C17H20N2O2. The Morgan fingerprint density at radius 3 is 2.43 bits per heavy atom. The van der Waals surface area contributed by atoms with Crippen LogP contribution in [0.4, 0.5) is 5.69 Å². The zero-order chi connectivity index (χ0) is 15.6. The molecule has 1 aromatic carbocycles. The van der Waals surface area contributed by atoms with Crippen molar-refractivity contribution in [2.24, 2.45) is 0 Å². The molecule has 0 spiro atoms. The normalized spacial score (nSPS) is 12.0. The van der Waals surface area contributed by atoms with Crippen LogP contribution in [0.3, 0.4) is 0 Å². The van der Waals surface area contributed by atoms with E-state index in [-0.39, 0.29) is 11.5 Å². The Morgan fingerprint density at radius 2 is 1.76 bits per heavy atom. The zero-order valence-electron chi connectivity index (χ0n) is 12.8. The fourth-order valence-corrected chi connectivity index (χ4v) is 2.34. The van der Waals surface area contributed by atoms with E-state index in [1.807, 2.05) is 45.0 Å². The Morgan fingerprint density at radius 1 is 1.10 bits per heavy atom. The van der Waals surface area contributed by atoms with Gasteiger partial charge in [0, 0.05) is 17.4 Å². The highest BCUT2D eigenvalue weighted by Crippen LogP contribution is 2.19. The Balaban J connectivity index is 2.28. The summed E-state index contributed by atoms with van der Waals surface area (Å²) >= 11 is 0. The number of amides is 1. The molecule has 0 saturated heterocycles. The molecule has 0 bridgehead atoms. The molecule has 1 N–H and O–H groups in total. The second kappa shape index (κ2) is 5.95. The quantitative estimate of drug-likeness (QED) is 0.942. The number of carbonyl (C=O) groups is 1. The molecule has 1 unspecified atom stereocenters. The summed E-state index contributed by atoms with van der Waals surface area (Å²) in [6, 6.07) is 10.2. The van der Waals surface area contributed by atoms with Crippen LogP contribution in [0.2, 0.25) is 0 Å². The lowest BCUT2D eigenvalue weighted by molar-refractivity contribution is -0.118. The van der Waals surface area contributed by atoms with Gasteiger partial charge in [0.15, 0.2) is 0 Å². The summed E-state index contributed by atoms with van der Waals surface area (Å²) in [4.78, 5) is 24.4. The third-order valence-electron chi connectivity index (χ3n) is 3.82. The van der Waals surface area contributed by atoms with Crippen LogP contribution in [0.15, 0.2) is 41.2 Å². The number of anilines is 1. The predicted octanol–water partition coefficient (Wildman–Crippen LogP) is 2.97. The van der Waals surface area contributed by atoms with Gasteiger partial charge in [-0.05, 0) is 51.0 Å². The maximum atomic E-state index is 12.4. The van der Waals surface area contributed by atoms with Gasteiger partial charge in [0.05, 0.1) is 0 Å². The van der Waals surface area contributed by atoms with Crippen LogP contribution in [-0.4, -0.2) is 10.5 Å². The Labute approximate surface area is 124 Å². The van der Waals surface area contributed by atoms with E-state index in [4.69, 9.17) is 0 Å². The number of nitrogens with one attached hydrogen (secondary N) is 1. The van der Waals surface area contributed by atoms with Crippen molar-refractivity contribution in [1.82, 2.24) is 4.57 Å². The van der Waals surface area contributed by atoms with E-state index in [1.165, 1.54) is 10.6 Å². The molecule has 21 heavy (non-hydrogen) atoms. The molecule has 4 heteroatoms. The van der Waals surface area contributed by atoms with Gasteiger partial charge in [0.25, 0.3) is 5.56 Å². The summed E-state index contributed by atoms with van der Waals surface area (Å²) in [6.07, 6.45) is 0. The summed E-state index contributed by atoms with van der Waals surface area (Å²) in [7, 11) is 0. The standard InChI is InChI=1S/C17H20N2O2/c1-11-7-5-9-15(13(11)3)18-17(21)14(4)19-12(2)8-6-10-16(19)20/h5-10,14H,1-4H3,(H,18,21). The van der Waals surface area contributed by atoms with E-state index >= 15 is 0 Å². The molecule has 0 fully saturated rings. The molecule has 110 valence electrons. The number of hydrogen-bond donors (Lipinski definition) is 1.